The van der Waals surface area contributed by atoms with Gasteiger partial charge in [-0.15, -0.1) is 0 Å². The SMILES string of the molecule is Cc1cn2cc(NC(=O)c3ncc(N4C[C@H](C)N[C@@H](C)C4)c4cn(C)nc34)cc(F)c2n1. The number of piperazine rings is 1. The summed E-state index contributed by atoms with van der Waals surface area (Å²) < 4.78 is 17.7. The van der Waals surface area contributed by atoms with Gasteiger partial charge < -0.3 is 19.9 Å². The van der Waals surface area contributed by atoms with Crippen molar-refractivity contribution in [3.63, 3.8) is 0 Å². The van der Waals surface area contributed by atoms with Crippen LogP contribution in [-0.2, 0) is 7.05 Å². The van der Waals surface area contributed by atoms with Crippen LogP contribution in [0.2, 0.25) is 0 Å². The van der Waals surface area contributed by atoms with E-state index in [0.29, 0.717) is 29.0 Å². The van der Waals surface area contributed by atoms with Crippen LogP contribution in [0, 0.1) is 12.7 Å². The van der Waals surface area contributed by atoms with E-state index in [2.05, 4.69) is 44.4 Å². The van der Waals surface area contributed by atoms with E-state index < -0.39 is 11.7 Å². The molecule has 1 saturated heterocycles. The lowest BCUT2D eigenvalue weighted by atomic mass is 10.1. The normalized spacial score (nSPS) is 19.1. The standard InChI is InChI=1S/C22H25FN8O/c1-12-7-30(8-13(2)25-12)18-6-24-20(19-16(18)11-29(4)28-19)22(32)27-15-5-17(23)21-26-14(3)9-31(21)10-15/h5-6,9-13,25H,7-8H2,1-4H3,(H,27,32)/t12-,13-/m0/s1. The van der Waals surface area contributed by atoms with Gasteiger partial charge in [0.15, 0.2) is 17.2 Å². The average molecular weight is 436 g/mol. The van der Waals surface area contributed by atoms with Crippen LogP contribution in [0.5, 0.6) is 0 Å². The minimum Gasteiger partial charge on any atom is -0.367 e. The van der Waals surface area contributed by atoms with Crippen molar-refractivity contribution >= 4 is 33.8 Å². The summed E-state index contributed by atoms with van der Waals surface area (Å²) in [5.74, 6) is -0.956. The number of carbonyl (C=O) groups is 1. The van der Waals surface area contributed by atoms with E-state index in [4.69, 9.17) is 0 Å². The van der Waals surface area contributed by atoms with Crippen molar-refractivity contribution in [1.29, 1.82) is 0 Å². The molecule has 9 nitrogen and oxygen atoms in total. The Hall–Kier alpha value is -3.53. The molecule has 5 heterocycles. The third kappa shape index (κ3) is 3.56. The quantitative estimate of drug-likeness (QED) is 0.513. The van der Waals surface area contributed by atoms with Crippen molar-refractivity contribution in [3.05, 3.63) is 48.1 Å². The molecule has 1 aliphatic heterocycles. The molecule has 0 aromatic carbocycles. The number of hydrogen-bond donors (Lipinski definition) is 2. The smallest absolute Gasteiger partial charge is 0.276 e. The Labute approximate surface area is 184 Å². The molecule has 1 amide bonds. The van der Waals surface area contributed by atoms with Gasteiger partial charge in [-0.3, -0.25) is 9.48 Å². The lowest BCUT2D eigenvalue weighted by Gasteiger charge is -2.37. The fourth-order valence-electron chi connectivity index (χ4n) is 4.49. The summed E-state index contributed by atoms with van der Waals surface area (Å²) in [5, 5.41) is 11.6. The maximum Gasteiger partial charge on any atom is 0.276 e. The van der Waals surface area contributed by atoms with Crippen molar-refractivity contribution < 1.29 is 9.18 Å². The molecule has 4 aromatic heterocycles. The first-order chi connectivity index (χ1) is 15.3. The summed E-state index contributed by atoms with van der Waals surface area (Å²) in [6.45, 7) is 7.76. The zero-order valence-corrected chi connectivity index (χ0v) is 18.4. The zero-order valence-electron chi connectivity index (χ0n) is 18.4. The summed E-state index contributed by atoms with van der Waals surface area (Å²) >= 11 is 0. The molecule has 0 spiro atoms. The number of halogens is 1. The number of carbonyl (C=O) groups excluding carboxylic acids is 1. The highest BCUT2D eigenvalue weighted by Crippen LogP contribution is 2.29. The van der Waals surface area contributed by atoms with Gasteiger partial charge >= 0.3 is 0 Å². The molecule has 4 aromatic rings. The first kappa shape index (κ1) is 20.4. The summed E-state index contributed by atoms with van der Waals surface area (Å²) in [7, 11) is 1.82. The monoisotopic (exact) mass is 436 g/mol. The van der Waals surface area contributed by atoms with Gasteiger partial charge in [0.25, 0.3) is 5.91 Å². The molecule has 166 valence electrons. The second-order valence-electron chi connectivity index (χ2n) is 8.57. The number of imidazole rings is 1. The second kappa shape index (κ2) is 7.56. The van der Waals surface area contributed by atoms with Crippen LogP contribution >= 0.6 is 0 Å². The predicted octanol–water partition coefficient (Wildman–Crippen LogP) is 2.50. The predicted molar refractivity (Wildman–Crippen MR) is 121 cm³/mol. The summed E-state index contributed by atoms with van der Waals surface area (Å²) in [6, 6.07) is 1.93. The minimum absolute atomic E-state index is 0.197. The molecule has 5 rings (SSSR count). The number of aromatic nitrogens is 5. The Balaban J connectivity index is 1.50. The van der Waals surface area contributed by atoms with Crippen molar-refractivity contribution in [2.24, 2.45) is 7.05 Å². The molecule has 0 aliphatic carbocycles. The van der Waals surface area contributed by atoms with Crippen LogP contribution in [0.4, 0.5) is 15.8 Å². The lowest BCUT2D eigenvalue weighted by Crippen LogP contribution is -2.54. The molecular formula is C22H25FN8O. The Morgan fingerprint density at radius 2 is 1.97 bits per heavy atom. The molecule has 1 fully saturated rings. The molecule has 0 radical (unpaired) electrons. The third-order valence-electron chi connectivity index (χ3n) is 5.64. The topological polar surface area (TPSA) is 92.4 Å². The Morgan fingerprint density at radius 1 is 1.22 bits per heavy atom. The third-order valence-corrected chi connectivity index (χ3v) is 5.64. The highest BCUT2D eigenvalue weighted by atomic mass is 19.1. The number of hydrogen-bond acceptors (Lipinski definition) is 6. The number of rotatable bonds is 3. The van der Waals surface area contributed by atoms with Crippen LogP contribution in [0.3, 0.4) is 0 Å². The fourth-order valence-corrected chi connectivity index (χ4v) is 4.49. The summed E-state index contributed by atoms with van der Waals surface area (Å²) in [5.41, 5.74) is 2.89. The number of pyridine rings is 2. The van der Waals surface area contributed by atoms with E-state index in [1.165, 1.54) is 6.07 Å². The Kier molecular flexibility index (Phi) is 4.81. The maximum atomic E-state index is 14.4. The lowest BCUT2D eigenvalue weighted by molar-refractivity contribution is 0.102. The van der Waals surface area contributed by atoms with Gasteiger partial charge in [0.05, 0.1) is 23.3 Å². The second-order valence-corrected chi connectivity index (χ2v) is 8.57. The number of aryl methyl sites for hydroxylation is 2. The minimum atomic E-state index is -0.510. The van der Waals surface area contributed by atoms with E-state index >= 15 is 0 Å². The number of amides is 1. The van der Waals surface area contributed by atoms with Gasteiger partial charge in [0, 0.05) is 62.3 Å². The van der Waals surface area contributed by atoms with Crippen LogP contribution in [0.1, 0.15) is 30.0 Å². The van der Waals surface area contributed by atoms with Crippen LogP contribution in [-0.4, -0.2) is 55.2 Å². The maximum absolute atomic E-state index is 14.4. The molecule has 32 heavy (non-hydrogen) atoms. The molecular weight excluding hydrogens is 411 g/mol. The van der Waals surface area contributed by atoms with E-state index in [1.54, 1.807) is 34.6 Å². The van der Waals surface area contributed by atoms with E-state index in [9.17, 15) is 9.18 Å². The number of nitrogens with one attached hydrogen (secondary N) is 2. The zero-order chi connectivity index (χ0) is 22.6. The van der Waals surface area contributed by atoms with Gasteiger partial charge in [-0.1, -0.05) is 0 Å². The van der Waals surface area contributed by atoms with Crippen LogP contribution < -0.4 is 15.5 Å². The molecule has 1 aliphatic rings. The van der Waals surface area contributed by atoms with Crippen LogP contribution in [0.15, 0.2) is 30.9 Å². The highest BCUT2D eigenvalue weighted by Gasteiger charge is 2.25. The average Bonchev–Trinajstić information content (AvgIpc) is 3.28. The number of fused-ring (bicyclic) bond motifs is 2. The van der Waals surface area contributed by atoms with Gasteiger partial charge in [0.2, 0.25) is 0 Å². The number of nitrogens with zero attached hydrogens (tertiary/aromatic N) is 6. The van der Waals surface area contributed by atoms with Crippen molar-refractivity contribution in [3.8, 4) is 0 Å². The van der Waals surface area contributed by atoms with Gasteiger partial charge in [0.1, 0.15) is 5.52 Å². The molecule has 10 heteroatoms. The van der Waals surface area contributed by atoms with E-state index in [-0.39, 0.29) is 11.3 Å². The first-order valence-electron chi connectivity index (χ1n) is 10.6. The largest absolute Gasteiger partial charge is 0.367 e. The summed E-state index contributed by atoms with van der Waals surface area (Å²) in [4.78, 5) is 24.0. The number of anilines is 2. The molecule has 0 unspecified atom stereocenters. The van der Waals surface area contributed by atoms with Crippen molar-refractivity contribution in [2.75, 3.05) is 23.3 Å². The molecule has 2 N–H and O–H groups in total. The Morgan fingerprint density at radius 3 is 2.72 bits per heavy atom. The van der Waals surface area contributed by atoms with Crippen molar-refractivity contribution in [1.82, 2.24) is 29.5 Å². The first-order valence-corrected chi connectivity index (χ1v) is 10.6. The van der Waals surface area contributed by atoms with E-state index in [0.717, 1.165) is 24.2 Å². The van der Waals surface area contributed by atoms with Gasteiger partial charge in [-0.05, 0) is 20.8 Å². The van der Waals surface area contributed by atoms with Gasteiger partial charge in [-0.25, -0.2) is 14.4 Å². The highest BCUT2D eigenvalue weighted by molar-refractivity contribution is 6.12. The molecule has 2 atom stereocenters. The van der Waals surface area contributed by atoms with Crippen LogP contribution in [0.25, 0.3) is 16.6 Å². The molecule has 0 saturated carbocycles. The fraction of sp³-hybridized carbons (Fsp3) is 0.364. The Bertz CT molecular complexity index is 1330. The molecule has 0 bridgehead atoms. The van der Waals surface area contributed by atoms with E-state index in [1.807, 2.05) is 13.2 Å². The van der Waals surface area contributed by atoms with Crippen molar-refractivity contribution in [2.45, 2.75) is 32.9 Å². The van der Waals surface area contributed by atoms with Gasteiger partial charge in [-0.2, -0.15) is 5.10 Å². The summed E-state index contributed by atoms with van der Waals surface area (Å²) in [6.07, 6.45) is 6.96.